The lowest BCUT2D eigenvalue weighted by molar-refractivity contribution is -0.120. The maximum Gasteiger partial charge on any atom is 0.337 e. The zero-order chi connectivity index (χ0) is 27.4. The fourth-order valence-electron chi connectivity index (χ4n) is 4.15. The number of methoxy groups -OCH3 is 1. The van der Waals surface area contributed by atoms with Gasteiger partial charge >= 0.3 is 5.97 Å². The molecule has 39 heavy (non-hydrogen) atoms. The molecule has 1 amide bonds. The average Bonchev–Trinajstić information content (AvgIpc) is 3.44. The summed E-state index contributed by atoms with van der Waals surface area (Å²) in [7, 11) is 1.29. The lowest BCUT2D eigenvalue weighted by atomic mass is 10.1. The standard InChI is InChI=1S/C28H26N4O6S/c1-3-24(25(33)30-14-18-5-4-10-29-13-18)39-28-31-21-12-19(27(35)36-2)7-8-20(21)26(34)32(28)15-17-6-9-22-23(11-17)38-16-37-22/h4-13,24H,3,14-16H2,1-2H3,(H,30,33). The first kappa shape index (κ1) is 26.2. The number of pyridine rings is 1. The van der Waals surface area contributed by atoms with E-state index in [-0.39, 0.29) is 30.4 Å². The van der Waals surface area contributed by atoms with E-state index >= 15 is 0 Å². The third-order valence-corrected chi connectivity index (χ3v) is 7.57. The van der Waals surface area contributed by atoms with Crippen molar-refractivity contribution >= 4 is 34.5 Å². The van der Waals surface area contributed by atoms with Crippen LogP contribution in [0.25, 0.3) is 10.9 Å². The summed E-state index contributed by atoms with van der Waals surface area (Å²) < 4.78 is 17.3. The number of esters is 1. The Morgan fingerprint density at radius 3 is 2.74 bits per heavy atom. The molecule has 1 N–H and O–H groups in total. The van der Waals surface area contributed by atoms with Gasteiger partial charge in [-0.1, -0.05) is 30.8 Å². The van der Waals surface area contributed by atoms with Crippen LogP contribution in [0.3, 0.4) is 0 Å². The lowest BCUT2D eigenvalue weighted by Gasteiger charge is -2.18. The van der Waals surface area contributed by atoms with E-state index in [4.69, 9.17) is 19.2 Å². The summed E-state index contributed by atoms with van der Waals surface area (Å²) in [5.74, 6) is 0.536. The van der Waals surface area contributed by atoms with Gasteiger partial charge in [-0.3, -0.25) is 19.1 Å². The van der Waals surface area contributed by atoms with Crippen molar-refractivity contribution in [3.8, 4) is 11.5 Å². The third-order valence-electron chi connectivity index (χ3n) is 6.22. The molecule has 0 spiro atoms. The number of aromatic nitrogens is 3. The number of nitrogens with zero attached hydrogens (tertiary/aromatic N) is 3. The van der Waals surface area contributed by atoms with Crippen LogP contribution in [0, 0.1) is 0 Å². The predicted molar refractivity (Wildman–Crippen MR) is 145 cm³/mol. The number of fused-ring (bicyclic) bond motifs is 2. The van der Waals surface area contributed by atoms with Crippen molar-refractivity contribution in [2.75, 3.05) is 13.9 Å². The number of carbonyl (C=O) groups is 2. The zero-order valence-corrected chi connectivity index (χ0v) is 22.2. The summed E-state index contributed by atoms with van der Waals surface area (Å²) in [6, 6.07) is 13.8. The maximum atomic E-state index is 13.7. The number of thioether (sulfide) groups is 1. The molecule has 0 fully saturated rings. The van der Waals surface area contributed by atoms with Gasteiger partial charge in [0.05, 0.1) is 35.4 Å². The fraction of sp³-hybridized carbons (Fsp3) is 0.250. The average molecular weight is 547 g/mol. The molecular weight excluding hydrogens is 520 g/mol. The molecule has 1 unspecified atom stereocenters. The van der Waals surface area contributed by atoms with Gasteiger partial charge in [-0.15, -0.1) is 0 Å². The predicted octanol–water partition coefficient (Wildman–Crippen LogP) is 3.54. The number of ether oxygens (including phenoxy) is 3. The maximum absolute atomic E-state index is 13.7. The van der Waals surface area contributed by atoms with E-state index < -0.39 is 11.2 Å². The molecule has 0 saturated heterocycles. The normalized spacial score (nSPS) is 12.8. The Hall–Kier alpha value is -4.38. The summed E-state index contributed by atoms with van der Waals surface area (Å²) in [6.07, 6.45) is 3.87. The quantitative estimate of drug-likeness (QED) is 0.191. The minimum absolute atomic E-state index is 0.145. The summed E-state index contributed by atoms with van der Waals surface area (Å²) >= 11 is 1.20. The smallest absolute Gasteiger partial charge is 0.337 e. The molecule has 3 heterocycles. The van der Waals surface area contributed by atoms with Crippen molar-refractivity contribution in [3.05, 3.63) is 88.0 Å². The second kappa shape index (κ2) is 11.6. The van der Waals surface area contributed by atoms with Gasteiger partial charge in [0.15, 0.2) is 16.7 Å². The largest absolute Gasteiger partial charge is 0.465 e. The first-order valence-electron chi connectivity index (χ1n) is 12.3. The number of nitrogens with one attached hydrogen (secondary N) is 1. The SMILES string of the molecule is CCC(Sc1nc2cc(C(=O)OC)ccc2c(=O)n1Cc1ccc2c(c1)OCO2)C(=O)NCc1cccnc1. The second-order valence-corrected chi connectivity index (χ2v) is 9.96. The number of rotatable bonds is 9. The highest BCUT2D eigenvalue weighted by molar-refractivity contribution is 8.00. The van der Waals surface area contributed by atoms with Gasteiger partial charge in [0, 0.05) is 18.9 Å². The molecule has 0 saturated carbocycles. The Morgan fingerprint density at radius 2 is 1.97 bits per heavy atom. The molecular formula is C28H26N4O6S. The number of hydrogen-bond acceptors (Lipinski definition) is 9. The molecule has 4 aromatic rings. The Kier molecular flexibility index (Phi) is 7.78. The van der Waals surface area contributed by atoms with Gasteiger partial charge in [-0.05, 0) is 53.9 Å². The Morgan fingerprint density at radius 1 is 1.13 bits per heavy atom. The van der Waals surface area contributed by atoms with Crippen LogP contribution in [0.4, 0.5) is 0 Å². The van der Waals surface area contributed by atoms with Gasteiger partial charge in [-0.2, -0.15) is 0 Å². The highest BCUT2D eigenvalue weighted by atomic mass is 32.2. The van der Waals surface area contributed by atoms with Crippen molar-refractivity contribution in [2.24, 2.45) is 0 Å². The molecule has 200 valence electrons. The van der Waals surface area contributed by atoms with Gasteiger partial charge < -0.3 is 19.5 Å². The van der Waals surface area contributed by atoms with Crippen LogP contribution < -0.4 is 20.3 Å². The number of amides is 1. The third kappa shape index (κ3) is 5.73. The van der Waals surface area contributed by atoms with E-state index in [1.807, 2.05) is 31.2 Å². The second-order valence-electron chi connectivity index (χ2n) is 8.79. The molecule has 5 rings (SSSR count). The molecule has 2 aromatic carbocycles. The molecule has 11 heteroatoms. The van der Waals surface area contributed by atoms with Crippen LogP contribution in [0.1, 0.15) is 34.8 Å². The molecule has 2 aromatic heterocycles. The monoisotopic (exact) mass is 546 g/mol. The Labute approximate surface area is 228 Å². The summed E-state index contributed by atoms with van der Waals surface area (Å²) in [5, 5.41) is 3.13. The van der Waals surface area contributed by atoms with Crippen molar-refractivity contribution < 1.29 is 23.8 Å². The van der Waals surface area contributed by atoms with E-state index in [0.717, 1.165) is 11.1 Å². The molecule has 1 aliphatic heterocycles. The molecule has 10 nitrogen and oxygen atoms in total. The van der Waals surface area contributed by atoms with E-state index in [9.17, 15) is 14.4 Å². The topological polar surface area (TPSA) is 122 Å². The minimum Gasteiger partial charge on any atom is -0.465 e. The number of benzene rings is 2. The summed E-state index contributed by atoms with van der Waals surface area (Å²) in [4.78, 5) is 47.8. The van der Waals surface area contributed by atoms with E-state index in [1.54, 1.807) is 29.1 Å². The lowest BCUT2D eigenvalue weighted by Crippen LogP contribution is -2.33. The first-order chi connectivity index (χ1) is 19.0. The molecule has 0 bridgehead atoms. The van der Waals surface area contributed by atoms with Crippen LogP contribution in [0.15, 0.2) is 70.9 Å². The van der Waals surface area contributed by atoms with Gasteiger partial charge in [0.1, 0.15) is 0 Å². The van der Waals surface area contributed by atoms with Gasteiger partial charge in [0.2, 0.25) is 12.7 Å². The summed E-state index contributed by atoms with van der Waals surface area (Å²) in [6.45, 7) is 2.58. The number of hydrogen-bond donors (Lipinski definition) is 1. The van der Waals surface area contributed by atoms with Crippen LogP contribution in [0.2, 0.25) is 0 Å². The van der Waals surface area contributed by atoms with E-state index in [0.29, 0.717) is 40.5 Å². The zero-order valence-electron chi connectivity index (χ0n) is 21.4. The van der Waals surface area contributed by atoms with Crippen molar-refractivity contribution in [2.45, 2.75) is 36.8 Å². The molecule has 0 radical (unpaired) electrons. The number of carbonyl (C=O) groups excluding carboxylic acids is 2. The van der Waals surface area contributed by atoms with Crippen LogP contribution >= 0.6 is 11.8 Å². The Bertz CT molecular complexity index is 1590. The van der Waals surface area contributed by atoms with E-state index in [2.05, 4.69) is 10.3 Å². The van der Waals surface area contributed by atoms with Gasteiger partial charge in [0.25, 0.3) is 5.56 Å². The van der Waals surface area contributed by atoms with Crippen LogP contribution in [-0.2, 0) is 22.6 Å². The first-order valence-corrected chi connectivity index (χ1v) is 13.2. The highest BCUT2D eigenvalue weighted by Gasteiger charge is 2.23. The van der Waals surface area contributed by atoms with Gasteiger partial charge in [-0.25, -0.2) is 9.78 Å². The Balaban J connectivity index is 1.50. The molecule has 0 aliphatic carbocycles. The highest BCUT2D eigenvalue weighted by Crippen LogP contribution is 2.33. The van der Waals surface area contributed by atoms with Crippen LogP contribution in [0.5, 0.6) is 11.5 Å². The van der Waals surface area contributed by atoms with E-state index in [1.165, 1.54) is 31.0 Å². The fourth-order valence-corrected chi connectivity index (χ4v) is 5.19. The van der Waals surface area contributed by atoms with Crippen LogP contribution in [-0.4, -0.2) is 45.6 Å². The summed E-state index contributed by atoms with van der Waals surface area (Å²) in [5.41, 5.74) is 2.02. The van der Waals surface area contributed by atoms with Crippen molar-refractivity contribution in [1.29, 1.82) is 0 Å². The van der Waals surface area contributed by atoms with Crippen molar-refractivity contribution in [3.63, 3.8) is 0 Å². The molecule has 1 aliphatic rings. The van der Waals surface area contributed by atoms with Crippen molar-refractivity contribution in [1.82, 2.24) is 19.9 Å². The minimum atomic E-state index is -0.529. The molecule has 1 atom stereocenters.